The van der Waals surface area contributed by atoms with Crippen LogP contribution in [0, 0.1) is 0 Å². The SMILES string of the molecule is NC(=NC1CCCCC1)NC1CCCS(=O)(=O)C1. The Morgan fingerprint density at radius 1 is 1.11 bits per heavy atom. The molecule has 5 nitrogen and oxygen atoms in total. The summed E-state index contributed by atoms with van der Waals surface area (Å²) in [7, 11) is -2.88. The molecule has 1 unspecified atom stereocenters. The Kier molecular flexibility index (Phi) is 4.48. The fourth-order valence-corrected chi connectivity index (χ4v) is 4.43. The number of hydrogen-bond donors (Lipinski definition) is 2. The molecule has 2 rings (SSSR count). The molecule has 18 heavy (non-hydrogen) atoms. The van der Waals surface area contributed by atoms with Crippen LogP contribution in [0.4, 0.5) is 0 Å². The van der Waals surface area contributed by atoms with Gasteiger partial charge < -0.3 is 11.1 Å². The molecule has 3 N–H and O–H groups in total. The highest BCUT2D eigenvalue weighted by Crippen LogP contribution is 2.20. The van der Waals surface area contributed by atoms with E-state index in [9.17, 15) is 8.42 Å². The van der Waals surface area contributed by atoms with E-state index in [1.807, 2.05) is 0 Å². The Hall–Kier alpha value is -0.780. The van der Waals surface area contributed by atoms with E-state index in [-0.39, 0.29) is 11.8 Å². The fourth-order valence-electron chi connectivity index (χ4n) is 2.79. The third-order valence-electron chi connectivity index (χ3n) is 3.71. The minimum atomic E-state index is -2.88. The van der Waals surface area contributed by atoms with Gasteiger partial charge in [-0.1, -0.05) is 19.3 Å². The van der Waals surface area contributed by atoms with Gasteiger partial charge in [-0.05, 0) is 25.7 Å². The Bertz CT molecular complexity index is 400. The predicted octanol–water partition coefficient (Wildman–Crippen LogP) is 0.801. The van der Waals surface area contributed by atoms with E-state index in [1.54, 1.807) is 0 Å². The van der Waals surface area contributed by atoms with Crippen molar-refractivity contribution in [3.8, 4) is 0 Å². The summed E-state index contributed by atoms with van der Waals surface area (Å²) in [5, 5.41) is 3.07. The van der Waals surface area contributed by atoms with E-state index in [2.05, 4.69) is 10.3 Å². The highest BCUT2D eigenvalue weighted by Gasteiger charge is 2.25. The van der Waals surface area contributed by atoms with E-state index in [1.165, 1.54) is 19.3 Å². The van der Waals surface area contributed by atoms with Gasteiger partial charge in [0.1, 0.15) is 0 Å². The maximum Gasteiger partial charge on any atom is 0.189 e. The maximum absolute atomic E-state index is 11.5. The van der Waals surface area contributed by atoms with E-state index in [0.717, 1.165) is 25.7 Å². The van der Waals surface area contributed by atoms with Crippen molar-refractivity contribution in [1.82, 2.24) is 5.32 Å². The summed E-state index contributed by atoms with van der Waals surface area (Å²) in [4.78, 5) is 4.47. The van der Waals surface area contributed by atoms with Crippen LogP contribution < -0.4 is 11.1 Å². The average molecular weight is 273 g/mol. The first-order valence-corrected chi connectivity index (χ1v) is 8.67. The molecular weight excluding hydrogens is 250 g/mol. The van der Waals surface area contributed by atoms with Gasteiger partial charge in [-0.15, -0.1) is 0 Å². The van der Waals surface area contributed by atoms with Gasteiger partial charge in [0.05, 0.1) is 17.5 Å². The number of guanidine groups is 1. The number of hydrogen-bond acceptors (Lipinski definition) is 3. The third kappa shape index (κ3) is 4.15. The number of rotatable bonds is 2. The fraction of sp³-hybridized carbons (Fsp3) is 0.917. The zero-order chi connectivity index (χ0) is 13.0. The molecule has 1 aliphatic heterocycles. The molecule has 0 spiro atoms. The molecule has 104 valence electrons. The molecule has 1 atom stereocenters. The van der Waals surface area contributed by atoms with Gasteiger partial charge in [0.2, 0.25) is 0 Å². The third-order valence-corrected chi connectivity index (χ3v) is 5.53. The first-order chi connectivity index (χ1) is 8.55. The van der Waals surface area contributed by atoms with Crippen molar-refractivity contribution in [1.29, 1.82) is 0 Å². The molecule has 1 aliphatic carbocycles. The summed E-state index contributed by atoms with van der Waals surface area (Å²) in [6, 6.07) is 0.266. The molecule has 0 radical (unpaired) electrons. The summed E-state index contributed by atoms with van der Waals surface area (Å²) >= 11 is 0. The van der Waals surface area contributed by atoms with Crippen LogP contribution in [0.3, 0.4) is 0 Å². The highest BCUT2D eigenvalue weighted by atomic mass is 32.2. The molecule has 6 heteroatoms. The van der Waals surface area contributed by atoms with Crippen molar-refractivity contribution in [3.05, 3.63) is 0 Å². The van der Waals surface area contributed by atoms with Crippen molar-refractivity contribution < 1.29 is 8.42 Å². The van der Waals surface area contributed by atoms with Crippen LogP contribution >= 0.6 is 0 Å². The molecule has 2 fully saturated rings. The van der Waals surface area contributed by atoms with Gasteiger partial charge in [0, 0.05) is 6.04 Å². The first kappa shape index (κ1) is 13.6. The molecule has 1 saturated heterocycles. The maximum atomic E-state index is 11.5. The van der Waals surface area contributed by atoms with Crippen molar-refractivity contribution >= 4 is 15.8 Å². The number of sulfone groups is 1. The van der Waals surface area contributed by atoms with E-state index in [4.69, 9.17) is 5.73 Å². The van der Waals surface area contributed by atoms with Crippen LogP contribution in [0.1, 0.15) is 44.9 Å². The van der Waals surface area contributed by atoms with Gasteiger partial charge in [0.25, 0.3) is 0 Å². The van der Waals surface area contributed by atoms with E-state index in [0.29, 0.717) is 17.8 Å². The first-order valence-electron chi connectivity index (χ1n) is 6.85. The molecule has 0 bridgehead atoms. The van der Waals surface area contributed by atoms with Gasteiger partial charge >= 0.3 is 0 Å². The van der Waals surface area contributed by atoms with Crippen molar-refractivity contribution in [2.24, 2.45) is 10.7 Å². The van der Waals surface area contributed by atoms with Gasteiger partial charge in [-0.25, -0.2) is 8.42 Å². The van der Waals surface area contributed by atoms with Gasteiger partial charge in [0.15, 0.2) is 15.8 Å². The Balaban J connectivity index is 1.86. The Morgan fingerprint density at radius 3 is 2.50 bits per heavy atom. The van der Waals surface area contributed by atoms with Crippen molar-refractivity contribution in [2.75, 3.05) is 11.5 Å². The van der Waals surface area contributed by atoms with Crippen LogP contribution in [0.5, 0.6) is 0 Å². The lowest BCUT2D eigenvalue weighted by Gasteiger charge is -2.24. The van der Waals surface area contributed by atoms with Crippen LogP contribution in [-0.2, 0) is 9.84 Å². The predicted molar refractivity (Wildman–Crippen MR) is 73.3 cm³/mol. The molecule has 2 aliphatic rings. The summed E-state index contributed by atoms with van der Waals surface area (Å²) in [5.74, 6) is 0.919. The Morgan fingerprint density at radius 2 is 1.83 bits per heavy atom. The molecule has 0 aromatic rings. The lowest BCUT2D eigenvalue weighted by atomic mass is 9.96. The minimum absolute atomic E-state index is 0.0592. The standard InChI is InChI=1S/C12H23N3O2S/c13-12(14-10-5-2-1-3-6-10)15-11-7-4-8-18(16,17)9-11/h10-11H,1-9H2,(H3,13,14,15). The van der Waals surface area contributed by atoms with Gasteiger partial charge in [-0.3, -0.25) is 4.99 Å². The number of nitrogens with one attached hydrogen (secondary N) is 1. The van der Waals surface area contributed by atoms with Crippen molar-refractivity contribution in [3.63, 3.8) is 0 Å². The lowest BCUT2D eigenvalue weighted by Crippen LogP contribution is -2.46. The minimum Gasteiger partial charge on any atom is -0.370 e. The molecule has 0 amide bonds. The van der Waals surface area contributed by atoms with Gasteiger partial charge in [-0.2, -0.15) is 0 Å². The van der Waals surface area contributed by atoms with E-state index < -0.39 is 9.84 Å². The van der Waals surface area contributed by atoms with Crippen LogP contribution in [0.15, 0.2) is 4.99 Å². The van der Waals surface area contributed by atoms with Crippen LogP contribution in [0.25, 0.3) is 0 Å². The Labute approximate surface area is 109 Å². The summed E-state index contributed by atoms with van der Waals surface area (Å²) in [5.41, 5.74) is 5.87. The monoisotopic (exact) mass is 273 g/mol. The second-order valence-electron chi connectivity index (χ2n) is 5.40. The topological polar surface area (TPSA) is 84.5 Å². The van der Waals surface area contributed by atoms with E-state index >= 15 is 0 Å². The molecule has 1 saturated carbocycles. The molecule has 0 aromatic heterocycles. The number of nitrogens with two attached hydrogens (primary N) is 1. The van der Waals surface area contributed by atoms with Crippen LogP contribution in [-0.4, -0.2) is 38.0 Å². The smallest absolute Gasteiger partial charge is 0.189 e. The average Bonchev–Trinajstić information content (AvgIpc) is 2.28. The normalized spacial score (nSPS) is 30.0. The van der Waals surface area contributed by atoms with Crippen molar-refractivity contribution in [2.45, 2.75) is 57.0 Å². The summed E-state index contributed by atoms with van der Waals surface area (Å²) in [6.07, 6.45) is 7.52. The summed E-state index contributed by atoms with van der Waals surface area (Å²) < 4.78 is 23.0. The zero-order valence-electron chi connectivity index (χ0n) is 10.8. The quantitative estimate of drug-likeness (QED) is 0.576. The zero-order valence-corrected chi connectivity index (χ0v) is 11.6. The largest absolute Gasteiger partial charge is 0.370 e. The number of nitrogens with zero attached hydrogens (tertiary/aromatic N) is 1. The van der Waals surface area contributed by atoms with Crippen LogP contribution in [0.2, 0.25) is 0 Å². The highest BCUT2D eigenvalue weighted by molar-refractivity contribution is 7.91. The molecule has 1 heterocycles. The number of aliphatic imine (C=N–C) groups is 1. The summed E-state index contributed by atoms with van der Waals surface area (Å²) in [6.45, 7) is 0. The molecular formula is C12H23N3O2S. The lowest BCUT2D eigenvalue weighted by molar-refractivity contribution is 0.440. The second-order valence-corrected chi connectivity index (χ2v) is 7.63. The molecule has 0 aromatic carbocycles. The second kappa shape index (κ2) is 5.91.